The fourth-order valence-corrected chi connectivity index (χ4v) is 2.03. The lowest BCUT2D eigenvalue weighted by atomic mass is 10.1. The third kappa shape index (κ3) is 2.72. The fourth-order valence-electron chi connectivity index (χ4n) is 2.03. The molecule has 0 radical (unpaired) electrons. The van der Waals surface area contributed by atoms with Crippen molar-refractivity contribution in [2.24, 2.45) is 0 Å². The predicted molar refractivity (Wildman–Crippen MR) is 78.2 cm³/mol. The zero-order chi connectivity index (χ0) is 14.0. The van der Waals surface area contributed by atoms with E-state index in [0.717, 1.165) is 28.1 Å². The van der Waals surface area contributed by atoms with Crippen LogP contribution in [0, 0.1) is 0 Å². The Morgan fingerprint density at radius 2 is 1.74 bits per heavy atom. The van der Waals surface area contributed by atoms with Gasteiger partial charge in [-0.1, -0.05) is 0 Å². The van der Waals surface area contributed by atoms with Gasteiger partial charge in [0, 0.05) is 22.5 Å². The summed E-state index contributed by atoms with van der Waals surface area (Å²) in [7, 11) is 3.29. The van der Waals surface area contributed by atoms with E-state index >= 15 is 0 Å². The van der Waals surface area contributed by atoms with Crippen LogP contribution in [0.5, 0.6) is 11.5 Å². The summed E-state index contributed by atoms with van der Waals surface area (Å²) in [6.45, 7) is 6.32. The zero-order valence-electron chi connectivity index (χ0n) is 12.1. The maximum absolute atomic E-state index is 5.45. The summed E-state index contributed by atoms with van der Waals surface area (Å²) in [5, 5.41) is 5.42. The van der Waals surface area contributed by atoms with E-state index < -0.39 is 0 Å². The molecule has 19 heavy (non-hydrogen) atoms. The summed E-state index contributed by atoms with van der Waals surface area (Å²) in [5.74, 6) is 2.31. The van der Waals surface area contributed by atoms with E-state index in [-0.39, 0.29) is 5.54 Å². The third-order valence-corrected chi connectivity index (χ3v) is 2.78. The molecular weight excluding hydrogens is 240 g/mol. The molecule has 0 aliphatic carbocycles. The summed E-state index contributed by atoms with van der Waals surface area (Å²) < 4.78 is 10.8. The molecule has 1 heterocycles. The van der Waals surface area contributed by atoms with Crippen LogP contribution in [0.15, 0.2) is 24.4 Å². The van der Waals surface area contributed by atoms with Crippen LogP contribution in [-0.4, -0.2) is 24.7 Å². The number of nitrogens with zero attached hydrogens (tertiary/aromatic N) is 1. The van der Waals surface area contributed by atoms with Crippen molar-refractivity contribution in [1.29, 1.82) is 0 Å². The average Bonchev–Trinajstić information content (AvgIpc) is 2.35. The number of aromatic nitrogens is 1. The quantitative estimate of drug-likeness (QED) is 0.917. The van der Waals surface area contributed by atoms with Crippen molar-refractivity contribution in [1.82, 2.24) is 4.98 Å². The van der Waals surface area contributed by atoms with Crippen LogP contribution in [0.3, 0.4) is 0 Å². The highest BCUT2D eigenvalue weighted by Crippen LogP contribution is 2.37. The van der Waals surface area contributed by atoms with Gasteiger partial charge in [0.2, 0.25) is 0 Å². The monoisotopic (exact) mass is 260 g/mol. The number of hydrogen-bond acceptors (Lipinski definition) is 4. The molecule has 0 aliphatic rings. The van der Waals surface area contributed by atoms with E-state index in [4.69, 9.17) is 9.47 Å². The number of pyridine rings is 1. The molecule has 1 N–H and O–H groups in total. The highest BCUT2D eigenvalue weighted by molar-refractivity contribution is 5.97. The lowest BCUT2D eigenvalue weighted by Crippen LogP contribution is -2.26. The van der Waals surface area contributed by atoms with E-state index in [9.17, 15) is 0 Å². The number of ether oxygens (including phenoxy) is 2. The van der Waals surface area contributed by atoms with Crippen LogP contribution in [0.2, 0.25) is 0 Å². The minimum atomic E-state index is -0.0472. The maximum atomic E-state index is 5.45. The van der Waals surface area contributed by atoms with Gasteiger partial charge in [-0.15, -0.1) is 0 Å². The van der Waals surface area contributed by atoms with E-state index in [1.807, 2.05) is 18.2 Å². The van der Waals surface area contributed by atoms with Crippen LogP contribution in [0.25, 0.3) is 10.8 Å². The number of rotatable bonds is 3. The van der Waals surface area contributed by atoms with Crippen LogP contribution >= 0.6 is 0 Å². The molecule has 0 unspecified atom stereocenters. The molecule has 1 aromatic carbocycles. The number of fused-ring (bicyclic) bond motifs is 1. The largest absolute Gasteiger partial charge is 0.493 e. The third-order valence-electron chi connectivity index (χ3n) is 2.78. The molecule has 4 heteroatoms. The Labute approximate surface area is 113 Å². The van der Waals surface area contributed by atoms with Gasteiger partial charge in [0.1, 0.15) is 5.82 Å². The van der Waals surface area contributed by atoms with Crippen molar-refractivity contribution < 1.29 is 9.47 Å². The zero-order valence-corrected chi connectivity index (χ0v) is 12.1. The standard InChI is InChI=1S/C15H20N2O2/c1-15(2,3)17-14-11-6-7-12(18-4)13(19-5)10(11)8-9-16-14/h6-9H,1-5H3,(H,16,17). The van der Waals surface area contributed by atoms with Crippen LogP contribution in [0.4, 0.5) is 5.82 Å². The second kappa shape index (κ2) is 4.96. The van der Waals surface area contributed by atoms with Gasteiger partial charge in [-0.2, -0.15) is 0 Å². The van der Waals surface area contributed by atoms with Crippen molar-refractivity contribution in [3.05, 3.63) is 24.4 Å². The normalized spacial score (nSPS) is 11.4. The summed E-state index contributed by atoms with van der Waals surface area (Å²) in [6.07, 6.45) is 1.78. The molecule has 0 spiro atoms. The molecule has 0 bridgehead atoms. The number of nitrogens with one attached hydrogen (secondary N) is 1. The summed E-state index contributed by atoms with van der Waals surface area (Å²) in [5.41, 5.74) is -0.0472. The van der Waals surface area contributed by atoms with Crippen LogP contribution in [0.1, 0.15) is 20.8 Å². The molecule has 0 aliphatic heterocycles. The molecule has 102 valence electrons. The molecule has 0 atom stereocenters. The highest BCUT2D eigenvalue weighted by Gasteiger charge is 2.15. The summed E-state index contributed by atoms with van der Waals surface area (Å²) >= 11 is 0. The average molecular weight is 260 g/mol. The SMILES string of the molecule is COc1ccc2c(NC(C)(C)C)nccc2c1OC. The van der Waals surface area contributed by atoms with Crippen LogP contribution in [-0.2, 0) is 0 Å². The number of benzene rings is 1. The minimum absolute atomic E-state index is 0.0472. The Bertz CT molecular complexity index is 588. The lowest BCUT2D eigenvalue weighted by molar-refractivity contribution is 0.358. The first-order chi connectivity index (χ1) is 8.96. The van der Waals surface area contributed by atoms with E-state index in [1.165, 1.54) is 0 Å². The van der Waals surface area contributed by atoms with Crippen LogP contribution < -0.4 is 14.8 Å². The molecule has 2 rings (SSSR count). The van der Waals surface area contributed by atoms with Crippen molar-refractivity contribution in [3.8, 4) is 11.5 Å². The lowest BCUT2D eigenvalue weighted by Gasteiger charge is -2.22. The molecule has 1 aromatic heterocycles. The first-order valence-corrected chi connectivity index (χ1v) is 6.24. The van der Waals surface area contributed by atoms with Gasteiger partial charge in [0.05, 0.1) is 14.2 Å². The topological polar surface area (TPSA) is 43.4 Å². The van der Waals surface area contributed by atoms with E-state index in [1.54, 1.807) is 20.4 Å². The van der Waals surface area contributed by atoms with E-state index in [2.05, 4.69) is 31.1 Å². The summed E-state index contributed by atoms with van der Waals surface area (Å²) in [6, 6.07) is 5.83. The Balaban J connectivity index is 2.64. The Hall–Kier alpha value is -1.97. The van der Waals surface area contributed by atoms with Gasteiger partial charge in [-0.05, 0) is 39.0 Å². The van der Waals surface area contributed by atoms with Gasteiger partial charge in [0.25, 0.3) is 0 Å². The van der Waals surface area contributed by atoms with E-state index in [0.29, 0.717) is 0 Å². The number of methoxy groups -OCH3 is 2. The molecule has 2 aromatic rings. The first-order valence-electron chi connectivity index (χ1n) is 6.24. The number of anilines is 1. The fraction of sp³-hybridized carbons (Fsp3) is 0.400. The Kier molecular flexibility index (Phi) is 3.51. The molecule has 4 nitrogen and oxygen atoms in total. The van der Waals surface area contributed by atoms with Gasteiger partial charge >= 0.3 is 0 Å². The predicted octanol–water partition coefficient (Wildman–Crippen LogP) is 3.46. The van der Waals surface area contributed by atoms with Gasteiger partial charge < -0.3 is 14.8 Å². The highest BCUT2D eigenvalue weighted by atomic mass is 16.5. The van der Waals surface area contributed by atoms with Crippen molar-refractivity contribution >= 4 is 16.6 Å². The molecule has 0 amide bonds. The Morgan fingerprint density at radius 1 is 1.00 bits per heavy atom. The van der Waals surface area contributed by atoms with Gasteiger partial charge in [-0.3, -0.25) is 0 Å². The van der Waals surface area contributed by atoms with Crippen molar-refractivity contribution in [2.45, 2.75) is 26.3 Å². The first kappa shape index (κ1) is 13.5. The van der Waals surface area contributed by atoms with Crippen molar-refractivity contribution in [2.75, 3.05) is 19.5 Å². The summed E-state index contributed by atoms with van der Waals surface area (Å²) in [4.78, 5) is 4.42. The molecular formula is C15H20N2O2. The Morgan fingerprint density at radius 3 is 2.32 bits per heavy atom. The van der Waals surface area contributed by atoms with Crippen molar-refractivity contribution in [3.63, 3.8) is 0 Å². The second-order valence-corrected chi connectivity index (χ2v) is 5.43. The smallest absolute Gasteiger partial charge is 0.168 e. The van der Waals surface area contributed by atoms with Gasteiger partial charge in [0.15, 0.2) is 11.5 Å². The minimum Gasteiger partial charge on any atom is -0.493 e. The molecule has 0 saturated heterocycles. The van der Waals surface area contributed by atoms with Gasteiger partial charge in [-0.25, -0.2) is 4.98 Å². The molecule has 0 fully saturated rings. The second-order valence-electron chi connectivity index (χ2n) is 5.43. The number of hydrogen-bond donors (Lipinski definition) is 1. The molecule has 0 saturated carbocycles. The maximum Gasteiger partial charge on any atom is 0.168 e.